The zero-order valence-corrected chi connectivity index (χ0v) is 11.5. The Morgan fingerprint density at radius 3 is 2.25 bits per heavy atom. The van der Waals surface area contributed by atoms with Crippen LogP contribution in [0.25, 0.3) is 0 Å². The standard InChI is InChI=1S/C12H26N2OS/c1-3-4-9-13-12(15)14-10-7-5-6-8-11-16-2/h3-11H2,1-2H3,(H2,13,14,15). The number of amides is 2. The molecule has 0 spiro atoms. The first kappa shape index (κ1) is 15.6. The fraction of sp³-hybridized carbons (Fsp3) is 0.917. The van der Waals surface area contributed by atoms with Gasteiger partial charge in [0.05, 0.1) is 0 Å². The van der Waals surface area contributed by atoms with Crippen molar-refractivity contribution in [3.05, 3.63) is 0 Å². The molecule has 4 heteroatoms. The number of hydrogen-bond donors (Lipinski definition) is 2. The van der Waals surface area contributed by atoms with Crippen molar-refractivity contribution < 1.29 is 4.79 Å². The molecule has 0 aromatic rings. The lowest BCUT2D eigenvalue weighted by molar-refractivity contribution is 0.240. The van der Waals surface area contributed by atoms with Crippen molar-refractivity contribution in [3.63, 3.8) is 0 Å². The lowest BCUT2D eigenvalue weighted by atomic mass is 10.2. The predicted molar refractivity (Wildman–Crippen MR) is 73.2 cm³/mol. The van der Waals surface area contributed by atoms with Gasteiger partial charge in [-0.1, -0.05) is 26.2 Å². The van der Waals surface area contributed by atoms with Gasteiger partial charge in [-0.2, -0.15) is 11.8 Å². The minimum absolute atomic E-state index is 0.0161. The van der Waals surface area contributed by atoms with Crippen molar-refractivity contribution in [2.45, 2.75) is 45.4 Å². The molecule has 0 saturated heterocycles. The van der Waals surface area contributed by atoms with Crippen molar-refractivity contribution in [2.75, 3.05) is 25.1 Å². The molecule has 16 heavy (non-hydrogen) atoms. The highest BCUT2D eigenvalue weighted by Gasteiger charge is 1.97. The van der Waals surface area contributed by atoms with Gasteiger partial charge in [-0.15, -0.1) is 0 Å². The lowest BCUT2D eigenvalue weighted by Gasteiger charge is -2.06. The van der Waals surface area contributed by atoms with E-state index in [1.807, 2.05) is 11.8 Å². The van der Waals surface area contributed by atoms with Gasteiger partial charge in [-0.05, 0) is 31.3 Å². The van der Waals surface area contributed by atoms with Gasteiger partial charge in [0.1, 0.15) is 0 Å². The molecule has 0 aliphatic carbocycles. The zero-order valence-electron chi connectivity index (χ0n) is 10.7. The summed E-state index contributed by atoms with van der Waals surface area (Å²) >= 11 is 1.90. The first-order chi connectivity index (χ1) is 7.81. The van der Waals surface area contributed by atoms with Gasteiger partial charge in [-0.3, -0.25) is 0 Å². The van der Waals surface area contributed by atoms with Crippen molar-refractivity contribution in [1.82, 2.24) is 10.6 Å². The van der Waals surface area contributed by atoms with E-state index in [0.717, 1.165) is 32.4 Å². The molecule has 0 bridgehead atoms. The van der Waals surface area contributed by atoms with Gasteiger partial charge in [-0.25, -0.2) is 4.79 Å². The SMILES string of the molecule is CCCCNC(=O)NCCCCCCSC. The number of hydrogen-bond acceptors (Lipinski definition) is 2. The molecule has 0 heterocycles. The molecule has 0 aromatic heterocycles. The number of thioether (sulfide) groups is 1. The molecule has 2 N–H and O–H groups in total. The van der Waals surface area contributed by atoms with Gasteiger partial charge >= 0.3 is 6.03 Å². The monoisotopic (exact) mass is 246 g/mol. The first-order valence-corrected chi connectivity index (χ1v) is 7.71. The van der Waals surface area contributed by atoms with E-state index >= 15 is 0 Å². The highest BCUT2D eigenvalue weighted by Crippen LogP contribution is 2.03. The van der Waals surface area contributed by atoms with Crippen molar-refractivity contribution in [1.29, 1.82) is 0 Å². The number of urea groups is 1. The molecule has 0 aliphatic heterocycles. The molecular weight excluding hydrogens is 220 g/mol. The van der Waals surface area contributed by atoms with E-state index in [1.165, 1.54) is 25.0 Å². The fourth-order valence-electron chi connectivity index (χ4n) is 1.37. The summed E-state index contributed by atoms with van der Waals surface area (Å²) in [6.45, 7) is 3.71. The summed E-state index contributed by atoms with van der Waals surface area (Å²) in [6.07, 6.45) is 9.20. The molecule has 0 aliphatic rings. The van der Waals surface area contributed by atoms with E-state index in [1.54, 1.807) is 0 Å². The molecule has 0 atom stereocenters. The summed E-state index contributed by atoms with van der Waals surface area (Å²) in [4.78, 5) is 11.2. The molecule has 96 valence electrons. The van der Waals surface area contributed by atoms with Crippen LogP contribution in [0.4, 0.5) is 4.79 Å². The highest BCUT2D eigenvalue weighted by atomic mass is 32.2. The Labute approximate surface area is 104 Å². The summed E-state index contributed by atoms with van der Waals surface area (Å²) in [7, 11) is 0. The third-order valence-electron chi connectivity index (χ3n) is 2.38. The predicted octanol–water partition coefficient (Wildman–Crippen LogP) is 3.01. The van der Waals surface area contributed by atoms with Gasteiger partial charge in [0.25, 0.3) is 0 Å². The van der Waals surface area contributed by atoms with Crippen LogP contribution in [-0.2, 0) is 0 Å². The van der Waals surface area contributed by atoms with E-state index < -0.39 is 0 Å². The molecule has 0 aromatic carbocycles. The first-order valence-electron chi connectivity index (χ1n) is 6.32. The summed E-state index contributed by atoms with van der Waals surface area (Å²) in [5.41, 5.74) is 0. The zero-order chi connectivity index (χ0) is 12.1. The number of unbranched alkanes of at least 4 members (excludes halogenated alkanes) is 4. The normalized spacial score (nSPS) is 10.1. The van der Waals surface area contributed by atoms with E-state index in [-0.39, 0.29) is 6.03 Å². The van der Waals surface area contributed by atoms with Crippen LogP contribution in [0, 0.1) is 0 Å². The number of carbonyl (C=O) groups excluding carboxylic acids is 1. The molecule has 0 fully saturated rings. The van der Waals surface area contributed by atoms with Gasteiger partial charge in [0.2, 0.25) is 0 Å². The Kier molecular flexibility index (Phi) is 12.4. The minimum Gasteiger partial charge on any atom is -0.338 e. The van der Waals surface area contributed by atoms with E-state index in [9.17, 15) is 4.79 Å². The number of nitrogens with one attached hydrogen (secondary N) is 2. The van der Waals surface area contributed by atoms with E-state index in [0.29, 0.717) is 0 Å². The molecule has 2 amide bonds. The van der Waals surface area contributed by atoms with Crippen LogP contribution >= 0.6 is 11.8 Å². The Balaban J connectivity index is 3.09. The third kappa shape index (κ3) is 11.7. The van der Waals surface area contributed by atoms with Crippen molar-refractivity contribution >= 4 is 17.8 Å². The van der Waals surface area contributed by atoms with Crippen molar-refractivity contribution in [2.24, 2.45) is 0 Å². The molecule has 0 unspecified atom stereocenters. The Bertz CT molecular complexity index is 165. The fourth-order valence-corrected chi connectivity index (χ4v) is 1.86. The van der Waals surface area contributed by atoms with Crippen LogP contribution in [0.5, 0.6) is 0 Å². The average Bonchev–Trinajstić information content (AvgIpc) is 2.28. The maximum Gasteiger partial charge on any atom is 0.314 e. The topological polar surface area (TPSA) is 41.1 Å². The second-order valence-electron chi connectivity index (χ2n) is 3.94. The smallest absolute Gasteiger partial charge is 0.314 e. The van der Waals surface area contributed by atoms with Gasteiger partial charge in [0, 0.05) is 13.1 Å². The molecule has 0 rings (SSSR count). The summed E-state index contributed by atoms with van der Waals surface area (Å²) in [6, 6.07) is -0.0161. The quantitative estimate of drug-likeness (QED) is 0.582. The van der Waals surface area contributed by atoms with E-state index in [2.05, 4.69) is 23.8 Å². The largest absolute Gasteiger partial charge is 0.338 e. The molecule has 0 saturated carbocycles. The Morgan fingerprint density at radius 1 is 1.00 bits per heavy atom. The van der Waals surface area contributed by atoms with Crippen LogP contribution in [0.15, 0.2) is 0 Å². The summed E-state index contributed by atoms with van der Waals surface area (Å²) < 4.78 is 0. The van der Waals surface area contributed by atoms with E-state index in [4.69, 9.17) is 0 Å². The second-order valence-corrected chi connectivity index (χ2v) is 4.93. The maximum absolute atomic E-state index is 11.2. The average molecular weight is 246 g/mol. The van der Waals surface area contributed by atoms with Gasteiger partial charge < -0.3 is 10.6 Å². The molecular formula is C12H26N2OS. The molecule has 0 radical (unpaired) electrons. The summed E-state index contributed by atoms with van der Waals surface area (Å²) in [5, 5.41) is 5.72. The van der Waals surface area contributed by atoms with Gasteiger partial charge in [0.15, 0.2) is 0 Å². The molecule has 3 nitrogen and oxygen atoms in total. The number of rotatable bonds is 10. The van der Waals surface area contributed by atoms with Crippen molar-refractivity contribution in [3.8, 4) is 0 Å². The van der Waals surface area contributed by atoms with Crippen LogP contribution in [0.3, 0.4) is 0 Å². The van der Waals surface area contributed by atoms with Crippen LogP contribution in [0.2, 0.25) is 0 Å². The maximum atomic E-state index is 11.2. The van der Waals surface area contributed by atoms with Crippen LogP contribution < -0.4 is 10.6 Å². The highest BCUT2D eigenvalue weighted by molar-refractivity contribution is 7.98. The Morgan fingerprint density at radius 2 is 1.62 bits per heavy atom. The third-order valence-corrected chi connectivity index (χ3v) is 3.07. The summed E-state index contributed by atoms with van der Waals surface area (Å²) in [5.74, 6) is 1.25. The van der Waals surface area contributed by atoms with Crippen LogP contribution in [0.1, 0.15) is 45.4 Å². The number of carbonyl (C=O) groups is 1. The minimum atomic E-state index is -0.0161. The van der Waals surface area contributed by atoms with Crippen LogP contribution in [-0.4, -0.2) is 31.1 Å². The second kappa shape index (κ2) is 12.7. The Hall–Kier alpha value is -0.380. The lowest BCUT2D eigenvalue weighted by Crippen LogP contribution is -2.36.